The molecule has 1 heterocycles. The Balaban J connectivity index is 1.92. The molecule has 0 radical (unpaired) electrons. The van der Waals surface area contributed by atoms with Crippen molar-refractivity contribution >= 4 is 28.1 Å². The molecule has 0 aliphatic rings. The number of hydrogen-bond donors (Lipinski definition) is 1. The number of nitrogens with zero attached hydrogens (tertiary/aromatic N) is 4. The fourth-order valence-electron chi connectivity index (χ4n) is 2.53. The van der Waals surface area contributed by atoms with Crippen molar-refractivity contribution < 1.29 is 9.72 Å². The summed E-state index contributed by atoms with van der Waals surface area (Å²) in [5.74, 6) is 0.290. The number of benzene rings is 1. The van der Waals surface area contributed by atoms with Crippen LogP contribution in [0.1, 0.15) is 30.0 Å². The fourth-order valence-corrected chi connectivity index (χ4v) is 3.49. The lowest BCUT2D eigenvalue weighted by Crippen LogP contribution is -2.30. The number of anilines is 1. The average molecular weight is 377 g/mol. The van der Waals surface area contributed by atoms with Gasteiger partial charge in [0.05, 0.1) is 11.5 Å². The summed E-state index contributed by atoms with van der Waals surface area (Å²) in [6.45, 7) is 6.52. The van der Waals surface area contributed by atoms with Gasteiger partial charge < -0.3 is 0 Å². The molecule has 1 aromatic heterocycles. The third-order valence-corrected chi connectivity index (χ3v) is 4.62. The molecule has 9 heteroatoms. The van der Waals surface area contributed by atoms with Crippen LogP contribution in [0.2, 0.25) is 0 Å². The predicted molar refractivity (Wildman–Crippen MR) is 101 cm³/mol. The number of nitro groups is 1. The summed E-state index contributed by atoms with van der Waals surface area (Å²) in [4.78, 5) is 24.6. The average Bonchev–Trinajstić information content (AvgIpc) is 2.94. The molecule has 0 saturated carbocycles. The largest absolute Gasteiger partial charge is 0.299 e. The first-order valence-corrected chi connectivity index (χ1v) is 9.11. The monoisotopic (exact) mass is 377 g/mol. The van der Waals surface area contributed by atoms with Crippen molar-refractivity contribution in [2.45, 2.75) is 33.7 Å². The Hall–Kier alpha value is -2.39. The highest BCUT2D eigenvalue weighted by molar-refractivity contribution is 7.15. The number of likely N-dealkylation sites (N-methyl/N-ethyl adjacent to an activating group) is 1. The van der Waals surface area contributed by atoms with Crippen molar-refractivity contribution in [2.75, 3.05) is 18.9 Å². The standard InChI is InChI=1S/C17H23N5O3S/c1-11(2)8-16-19-20-17(26-16)18-15(23)10-21(4)9-13-6-5-7-14(12(13)3)22(24)25/h5-7,11H,8-10H2,1-4H3,(H,18,20,23). The van der Waals surface area contributed by atoms with Gasteiger partial charge in [-0.1, -0.05) is 37.3 Å². The highest BCUT2D eigenvalue weighted by Gasteiger charge is 2.16. The summed E-state index contributed by atoms with van der Waals surface area (Å²) in [5, 5.41) is 23.2. The molecule has 1 amide bonds. The molecule has 1 N–H and O–H groups in total. The molecule has 0 atom stereocenters. The number of carbonyl (C=O) groups excluding carboxylic acids is 1. The maximum absolute atomic E-state index is 12.2. The minimum Gasteiger partial charge on any atom is -0.299 e. The second-order valence-corrected chi connectivity index (χ2v) is 7.70. The van der Waals surface area contributed by atoms with Gasteiger partial charge in [0.15, 0.2) is 0 Å². The van der Waals surface area contributed by atoms with E-state index in [0.717, 1.165) is 17.0 Å². The minimum absolute atomic E-state index is 0.0897. The number of amides is 1. The number of hydrogen-bond acceptors (Lipinski definition) is 7. The lowest BCUT2D eigenvalue weighted by Gasteiger charge is -2.17. The van der Waals surface area contributed by atoms with Crippen molar-refractivity contribution in [1.82, 2.24) is 15.1 Å². The summed E-state index contributed by atoms with van der Waals surface area (Å²) in [5.41, 5.74) is 1.53. The minimum atomic E-state index is -0.393. The van der Waals surface area contributed by atoms with Gasteiger partial charge in [0, 0.05) is 24.6 Å². The second kappa shape index (κ2) is 8.81. The fraction of sp³-hybridized carbons (Fsp3) is 0.471. The highest BCUT2D eigenvalue weighted by Crippen LogP contribution is 2.22. The first-order valence-electron chi connectivity index (χ1n) is 8.30. The zero-order valence-electron chi connectivity index (χ0n) is 15.4. The quantitative estimate of drug-likeness (QED) is 0.560. The van der Waals surface area contributed by atoms with Gasteiger partial charge in [0.2, 0.25) is 11.0 Å². The van der Waals surface area contributed by atoms with Gasteiger partial charge in [0.1, 0.15) is 5.01 Å². The van der Waals surface area contributed by atoms with Crippen molar-refractivity contribution in [3.05, 3.63) is 44.4 Å². The summed E-state index contributed by atoms with van der Waals surface area (Å²) in [6.07, 6.45) is 0.833. The van der Waals surface area contributed by atoms with Gasteiger partial charge in [-0.15, -0.1) is 10.2 Å². The molecular formula is C17H23N5O3S. The third kappa shape index (κ3) is 5.57. The number of nitro benzene ring substituents is 1. The summed E-state index contributed by atoms with van der Waals surface area (Å²) in [6, 6.07) is 4.97. The lowest BCUT2D eigenvalue weighted by atomic mass is 10.1. The lowest BCUT2D eigenvalue weighted by molar-refractivity contribution is -0.385. The Morgan fingerprint density at radius 1 is 1.38 bits per heavy atom. The van der Waals surface area contributed by atoms with E-state index in [0.29, 0.717) is 23.2 Å². The van der Waals surface area contributed by atoms with Crippen molar-refractivity contribution in [3.63, 3.8) is 0 Å². The Morgan fingerprint density at radius 3 is 2.77 bits per heavy atom. The van der Waals surface area contributed by atoms with Crippen LogP contribution >= 0.6 is 11.3 Å². The Labute approximate surface area is 156 Å². The van der Waals surface area contributed by atoms with E-state index in [-0.39, 0.29) is 18.1 Å². The van der Waals surface area contributed by atoms with E-state index in [1.54, 1.807) is 24.9 Å². The molecule has 0 aliphatic carbocycles. The molecule has 0 aliphatic heterocycles. The van der Waals surface area contributed by atoms with E-state index in [1.807, 2.05) is 6.07 Å². The summed E-state index contributed by atoms with van der Waals surface area (Å²) in [7, 11) is 1.79. The SMILES string of the molecule is Cc1c(CN(C)CC(=O)Nc2nnc(CC(C)C)s2)cccc1[N+](=O)[O-]. The molecule has 0 saturated heterocycles. The topological polar surface area (TPSA) is 101 Å². The molecule has 8 nitrogen and oxygen atoms in total. The van der Waals surface area contributed by atoms with Crippen molar-refractivity contribution in [2.24, 2.45) is 5.92 Å². The Kier molecular flexibility index (Phi) is 6.76. The maximum Gasteiger partial charge on any atom is 0.272 e. The number of rotatable bonds is 8. The van der Waals surface area contributed by atoms with E-state index in [9.17, 15) is 14.9 Å². The van der Waals surface area contributed by atoms with Crippen LogP contribution in [0.4, 0.5) is 10.8 Å². The Morgan fingerprint density at radius 2 is 2.12 bits per heavy atom. The smallest absolute Gasteiger partial charge is 0.272 e. The van der Waals surface area contributed by atoms with Crippen LogP contribution in [0.25, 0.3) is 0 Å². The molecule has 140 valence electrons. The van der Waals surface area contributed by atoms with Crippen LogP contribution in [-0.4, -0.2) is 39.5 Å². The predicted octanol–water partition coefficient (Wildman–Crippen LogP) is 3.02. The van der Waals surface area contributed by atoms with Crippen LogP contribution in [0, 0.1) is 23.0 Å². The molecule has 26 heavy (non-hydrogen) atoms. The molecule has 1 aromatic carbocycles. The normalized spacial score (nSPS) is 11.2. The first-order chi connectivity index (χ1) is 12.3. The third-order valence-electron chi connectivity index (χ3n) is 3.76. The number of carbonyl (C=O) groups is 1. The van der Waals surface area contributed by atoms with E-state index in [4.69, 9.17) is 0 Å². The zero-order valence-corrected chi connectivity index (χ0v) is 16.2. The molecule has 0 spiro atoms. The summed E-state index contributed by atoms with van der Waals surface area (Å²) >= 11 is 1.38. The van der Waals surface area contributed by atoms with Gasteiger partial charge in [-0.05, 0) is 25.5 Å². The van der Waals surface area contributed by atoms with Gasteiger partial charge in [-0.25, -0.2) is 0 Å². The van der Waals surface area contributed by atoms with E-state index < -0.39 is 4.92 Å². The number of nitrogens with one attached hydrogen (secondary N) is 1. The van der Waals surface area contributed by atoms with E-state index in [2.05, 4.69) is 29.4 Å². The van der Waals surface area contributed by atoms with Gasteiger partial charge >= 0.3 is 0 Å². The van der Waals surface area contributed by atoms with Crippen LogP contribution in [0.5, 0.6) is 0 Å². The molecule has 2 aromatic rings. The van der Waals surface area contributed by atoms with E-state index in [1.165, 1.54) is 17.4 Å². The molecular weight excluding hydrogens is 354 g/mol. The van der Waals surface area contributed by atoms with Crippen LogP contribution in [-0.2, 0) is 17.8 Å². The second-order valence-electron chi connectivity index (χ2n) is 6.64. The maximum atomic E-state index is 12.2. The highest BCUT2D eigenvalue weighted by atomic mass is 32.1. The molecule has 0 bridgehead atoms. The molecule has 0 fully saturated rings. The van der Waals surface area contributed by atoms with Gasteiger partial charge in [-0.3, -0.25) is 25.1 Å². The van der Waals surface area contributed by atoms with Crippen LogP contribution in [0.15, 0.2) is 18.2 Å². The Bertz CT molecular complexity index is 790. The van der Waals surface area contributed by atoms with Gasteiger partial charge in [0.25, 0.3) is 5.69 Å². The molecule has 2 rings (SSSR count). The first kappa shape index (κ1) is 19.9. The zero-order chi connectivity index (χ0) is 19.3. The number of aromatic nitrogens is 2. The molecule has 0 unspecified atom stereocenters. The van der Waals surface area contributed by atoms with E-state index >= 15 is 0 Å². The summed E-state index contributed by atoms with van der Waals surface area (Å²) < 4.78 is 0. The van der Waals surface area contributed by atoms with Gasteiger partial charge in [-0.2, -0.15) is 0 Å². The van der Waals surface area contributed by atoms with Crippen molar-refractivity contribution in [3.8, 4) is 0 Å². The van der Waals surface area contributed by atoms with Crippen LogP contribution in [0.3, 0.4) is 0 Å². The van der Waals surface area contributed by atoms with Crippen LogP contribution < -0.4 is 5.32 Å². The van der Waals surface area contributed by atoms with Crippen molar-refractivity contribution in [1.29, 1.82) is 0 Å².